The van der Waals surface area contributed by atoms with E-state index < -0.39 is 15.9 Å². The lowest BCUT2D eigenvalue weighted by atomic mass is 10.1. The maximum atomic E-state index is 13.0. The van der Waals surface area contributed by atoms with Crippen LogP contribution < -0.4 is 24.2 Å². The molecule has 0 spiro atoms. The third kappa shape index (κ3) is 4.86. The minimum absolute atomic E-state index is 0.104. The summed E-state index contributed by atoms with van der Waals surface area (Å²) >= 11 is 0. The maximum Gasteiger partial charge on any atom is 0.291 e. The van der Waals surface area contributed by atoms with Crippen LogP contribution in [0.5, 0.6) is 17.2 Å². The van der Waals surface area contributed by atoms with Crippen molar-refractivity contribution in [3.05, 3.63) is 77.7 Å². The van der Waals surface area contributed by atoms with Crippen molar-refractivity contribution in [2.45, 2.75) is 11.3 Å². The molecule has 0 saturated carbocycles. The summed E-state index contributed by atoms with van der Waals surface area (Å²) < 4.78 is 49.2. The lowest BCUT2D eigenvalue weighted by Crippen LogP contribution is -2.19. The SMILES string of the molecule is CNS(=O)(=O)c1cccc2c(NC(=O)c3ccc(Cc4c(OC)cc(OC)cc4OC)o3)cccc12. The van der Waals surface area contributed by atoms with Crippen molar-refractivity contribution in [3.8, 4) is 17.2 Å². The number of ether oxygens (including phenoxy) is 3. The molecule has 188 valence electrons. The smallest absolute Gasteiger partial charge is 0.291 e. The number of benzene rings is 3. The summed E-state index contributed by atoms with van der Waals surface area (Å²) in [5, 5.41) is 3.90. The molecule has 0 aliphatic heterocycles. The second-order valence-electron chi connectivity index (χ2n) is 7.77. The molecule has 1 amide bonds. The molecular weight excluding hydrogens is 484 g/mol. The molecule has 36 heavy (non-hydrogen) atoms. The molecule has 0 radical (unpaired) electrons. The Hall–Kier alpha value is -4.02. The van der Waals surface area contributed by atoms with Crippen LogP contribution in [-0.4, -0.2) is 42.7 Å². The second-order valence-corrected chi connectivity index (χ2v) is 9.63. The van der Waals surface area contributed by atoms with Gasteiger partial charge in [-0.3, -0.25) is 4.79 Å². The molecule has 4 aromatic rings. The minimum Gasteiger partial charge on any atom is -0.496 e. The molecule has 2 N–H and O–H groups in total. The highest BCUT2D eigenvalue weighted by Gasteiger charge is 2.20. The van der Waals surface area contributed by atoms with E-state index in [1.165, 1.54) is 13.1 Å². The van der Waals surface area contributed by atoms with E-state index in [-0.39, 0.29) is 10.7 Å². The van der Waals surface area contributed by atoms with Crippen LogP contribution in [0.4, 0.5) is 5.69 Å². The summed E-state index contributed by atoms with van der Waals surface area (Å²) in [6.07, 6.45) is 0.323. The number of carbonyl (C=O) groups excluding carboxylic acids is 1. The first-order valence-electron chi connectivity index (χ1n) is 11.0. The van der Waals surface area contributed by atoms with E-state index in [4.69, 9.17) is 18.6 Å². The van der Waals surface area contributed by atoms with E-state index >= 15 is 0 Å². The van der Waals surface area contributed by atoms with Crippen molar-refractivity contribution >= 4 is 32.4 Å². The van der Waals surface area contributed by atoms with Gasteiger partial charge in [0.1, 0.15) is 23.0 Å². The quantitative estimate of drug-likeness (QED) is 0.346. The van der Waals surface area contributed by atoms with Gasteiger partial charge in [0.2, 0.25) is 10.0 Å². The van der Waals surface area contributed by atoms with Crippen LogP contribution in [-0.2, 0) is 16.4 Å². The summed E-state index contributed by atoms with van der Waals surface area (Å²) in [5.41, 5.74) is 1.21. The molecule has 3 aromatic carbocycles. The zero-order valence-electron chi connectivity index (χ0n) is 20.2. The fourth-order valence-corrected chi connectivity index (χ4v) is 4.88. The predicted molar refractivity (Wildman–Crippen MR) is 136 cm³/mol. The number of hydrogen-bond acceptors (Lipinski definition) is 7. The molecule has 1 aromatic heterocycles. The van der Waals surface area contributed by atoms with Gasteiger partial charge < -0.3 is 23.9 Å². The Morgan fingerprint density at radius 1 is 0.889 bits per heavy atom. The Bertz CT molecular complexity index is 1500. The normalized spacial score (nSPS) is 11.3. The highest BCUT2D eigenvalue weighted by atomic mass is 32.2. The predicted octanol–water partition coefficient (Wildman–Crippen LogP) is 4.21. The first kappa shape index (κ1) is 25.1. The van der Waals surface area contributed by atoms with Crippen molar-refractivity contribution in [1.29, 1.82) is 0 Å². The van der Waals surface area contributed by atoms with E-state index in [0.29, 0.717) is 45.9 Å². The number of hydrogen-bond donors (Lipinski definition) is 2. The third-order valence-corrected chi connectivity index (χ3v) is 7.21. The lowest BCUT2D eigenvalue weighted by molar-refractivity contribution is 0.0995. The van der Waals surface area contributed by atoms with Gasteiger partial charge in [-0.1, -0.05) is 24.3 Å². The monoisotopic (exact) mass is 510 g/mol. The van der Waals surface area contributed by atoms with E-state index in [0.717, 1.165) is 5.56 Å². The number of furan rings is 1. The second kappa shape index (κ2) is 10.3. The summed E-state index contributed by atoms with van der Waals surface area (Å²) in [7, 11) is 2.34. The standard InChI is InChI=1S/C26H26N2O7S/c1-27-36(30,31)25-10-6-7-18-19(25)8-5-9-21(18)28-26(29)22-12-11-16(35-22)13-20-23(33-3)14-17(32-2)15-24(20)34-4/h5-12,14-15,27H,13H2,1-4H3,(H,28,29). The topological polar surface area (TPSA) is 116 Å². The minimum atomic E-state index is -3.67. The molecule has 1 heterocycles. The van der Waals surface area contributed by atoms with E-state index in [2.05, 4.69) is 10.0 Å². The number of anilines is 1. The number of carbonyl (C=O) groups is 1. The fraction of sp³-hybridized carbons (Fsp3) is 0.192. The van der Waals surface area contributed by atoms with Crippen molar-refractivity contribution in [1.82, 2.24) is 4.72 Å². The Kier molecular flexibility index (Phi) is 7.18. The van der Waals surface area contributed by atoms with Gasteiger partial charge in [0.25, 0.3) is 5.91 Å². The Balaban J connectivity index is 1.61. The number of sulfonamides is 1. The molecule has 4 rings (SSSR count). The van der Waals surface area contributed by atoms with Gasteiger partial charge in [-0.25, -0.2) is 13.1 Å². The molecule has 9 nitrogen and oxygen atoms in total. The molecule has 0 bridgehead atoms. The van der Waals surface area contributed by atoms with E-state index in [1.54, 1.807) is 75.9 Å². The van der Waals surface area contributed by atoms with Gasteiger partial charge in [-0.2, -0.15) is 0 Å². The van der Waals surface area contributed by atoms with Gasteiger partial charge in [-0.15, -0.1) is 0 Å². The number of methoxy groups -OCH3 is 3. The maximum absolute atomic E-state index is 13.0. The van der Waals surface area contributed by atoms with Crippen LogP contribution in [0.1, 0.15) is 21.9 Å². The molecule has 0 fully saturated rings. The fourth-order valence-electron chi connectivity index (χ4n) is 3.94. The molecule has 0 aliphatic rings. The van der Waals surface area contributed by atoms with Gasteiger partial charge in [0, 0.05) is 40.6 Å². The summed E-state index contributed by atoms with van der Waals surface area (Å²) in [4.78, 5) is 13.1. The highest BCUT2D eigenvalue weighted by Crippen LogP contribution is 2.36. The Morgan fingerprint density at radius 2 is 1.56 bits per heavy atom. The number of nitrogens with one attached hydrogen (secondary N) is 2. The summed E-state index contributed by atoms with van der Waals surface area (Å²) in [6.45, 7) is 0. The highest BCUT2D eigenvalue weighted by molar-refractivity contribution is 7.89. The largest absolute Gasteiger partial charge is 0.496 e. The van der Waals surface area contributed by atoms with E-state index in [9.17, 15) is 13.2 Å². The average molecular weight is 511 g/mol. The van der Waals surface area contributed by atoms with Crippen molar-refractivity contribution in [2.75, 3.05) is 33.7 Å². The first-order valence-corrected chi connectivity index (χ1v) is 12.4. The zero-order valence-corrected chi connectivity index (χ0v) is 21.1. The molecule has 10 heteroatoms. The van der Waals surface area contributed by atoms with Crippen molar-refractivity contribution < 1.29 is 31.8 Å². The van der Waals surface area contributed by atoms with Crippen LogP contribution in [0.2, 0.25) is 0 Å². The summed E-state index contributed by atoms with van der Waals surface area (Å²) in [6, 6.07) is 16.7. The Morgan fingerprint density at radius 3 is 2.19 bits per heavy atom. The summed E-state index contributed by atoms with van der Waals surface area (Å²) in [5.74, 6) is 1.89. The molecule has 0 saturated heterocycles. The van der Waals surface area contributed by atoms with E-state index in [1.807, 2.05) is 0 Å². The van der Waals surface area contributed by atoms with Gasteiger partial charge in [-0.05, 0) is 31.3 Å². The first-order chi connectivity index (χ1) is 17.3. The molecule has 0 unspecified atom stereocenters. The lowest BCUT2D eigenvalue weighted by Gasteiger charge is -2.14. The molecular formula is C26H26N2O7S. The average Bonchev–Trinajstić information content (AvgIpc) is 3.37. The zero-order chi connectivity index (χ0) is 25.9. The van der Waals surface area contributed by atoms with Crippen LogP contribution in [0.3, 0.4) is 0 Å². The van der Waals surface area contributed by atoms with Crippen LogP contribution in [0, 0.1) is 0 Å². The number of amides is 1. The van der Waals surface area contributed by atoms with Crippen molar-refractivity contribution in [2.24, 2.45) is 0 Å². The third-order valence-electron chi connectivity index (χ3n) is 5.74. The number of fused-ring (bicyclic) bond motifs is 1. The van der Waals surface area contributed by atoms with Crippen LogP contribution >= 0.6 is 0 Å². The van der Waals surface area contributed by atoms with Gasteiger partial charge in [0.15, 0.2) is 5.76 Å². The van der Waals surface area contributed by atoms with Crippen LogP contribution in [0.25, 0.3) is 10.8 Å². The Labute approximate surface area is 209 Å². The van der Waals surface area contributed by atoms with Gasteiger partial charge >= 0.3 is 0 Å². The molecule has 0 atom stereocenters. The molecule has 0 aliphatic carbocycles. The van der Waals surface area contributed by atoms with Crippen LogP contribution in [0.15, 0.2) is 70.0 Å². The van der Waals surface area contributed by atoms with Crippen molar-refractivity contribution in [3.63, 3.8) is 0 Å². The van der Waals surface area contributed by atoms with Gasteiger partial charge in [0.05, 0.1) is 26.2 Å². The number of rotatable bonds is 9.